The van der Waals surface area contributed by atoms with E-state index in [1.54, 1.807) is 4.90 Å². The second-order valence-corrected chi connectivity index (χ2v) is 5.37. The molecule has 5 heteroatoms. The van der Waals surface area contributed by atoms with Crippen molar-refractivity contribution < 1.29 is 19.1 Å². The van der Waals surface area contributed by atoms with Crippen molar-refractivity contribution in [3.8, 4) is 0 Å². The quantitative estimate of drug-likeness (QED) is 0.573. The van der Waals surface area contributed by atoms with Gasteiger partial charge in [0.25, 0.3) is 0 Å². The van der Waals surface area contributed by atoms with Crippen LogP contribution in [0.15, 0.2) is 72.4 Å². The fourth-order valence-corrected chi connectivity index (χ4v) is 2.39. The van der Waals surface area contributed by atoms with Gasteiger partial charge in [-0.3, -0.25) is 0 Å². The van der Waals surface area contributed by atoms with E-state index in [-0.39, 0.29) is 5.70 Å². The normalized spacial score (nSPS) is 10.9. The molecular formula is C20H21NO4. The van der Waals surface area contributed by atoms with Crippen LogP contribution in [0.2, 0.25) is 0 Å². The third kappa shape index (κ3) is 5.49. The summed E-state index contributed by atoms with van der Waals surface area (Å²) in [6.07, 6.45) is 1.16. The zero-order chi connectivity index (χ0) is 18.1. The molecule has 0 amide bonds. The van der Waals surface area contributed by atoms with Crippen LogP contribution in [0.4, 0.5) is 0 Å². The summed E-state index contributed by atoms with van der Waals surface area (Å²) in [4.78, 5) is 25.8. The third-order valence-electron chi connectivity index (χ3n) is 3.62. The zero-order valence-corrected chi connectivity index (χ0v) is 14.3. The Morgan fingerprint density at radius 1 is 0.840 bits per heavy atom. The first kappa shape index (κ1) is 18.3. The first-order chi connectivity index (χ1) is 12.1. The number of hydrogen-bond acceptors (Lipinski definition) is 5. The fraction of sp³-hybridized carbons (Fsp3) is 0.200. The van der Waals surface area contributed by atoms with Crippen LogP contribution in [0.25, 0.3) is 0 Å². The second-order valence-electron chi connectivity index (χ2n) is 5.37. The smallest absolute Gasteiger partial charge is 0.354 e. The topological polar surface area (TPSA) is 55.8 Å². The Bertz CT molecular complexity index is 684. The van der Waals surface area contributed by atoms with Gasteiger partial charge in [-0.15, -0.1) is 0 Å². The van der Waals surface area contributed by atoms with E-state index < -0.39 is 11.9 Å². The molecule has 0 unspecified atom stereocenters. The molecule has 0 fully saturated rings. The number of nitrogens with zero attached hydrogens (tertiary/aromatic N) is 1. The third-order valence-corrected chi connectivity index (χ3v) is 3.62. The molecule has 0 aliphatic heterocycles. The van der Waals surface area contributed by atoms with E-state index in [0.29, 0.717) is 13.1 Å². The number of carbonyl (C=O) groups excluding carboxylic acids is 2. The zero-order valence-electron chi connectivity index (χ0n) is 14.3. The summed E-state index contributed by atoms with van der Waals surface area (Å²) < 4.78 is 9.53. The molecule has 0 aromatic heterocycles. The van der Waals surface area contributed by atoms with Crippen LogP contribution >= 0.6 is 0 Å². The molecule has 0 radical (unpaired) electrons. The molecular weight excluding hydrogens is 318 g/mol. The summed E-state index contributed by atoms with van der Waals surface area (Å²) in [6.45, 7) is 0.904. The van der Waals surface area contributed by atoms with Crippen molar-refractivity contribution in [2.24, 2.45) is 0 Å². The molecule has 0 saturated carbocycles. The van der Waals surface area contributed by atoms with Crippen molar-refractivity contribution in [1.82, 2.24) is 4.90 Å². The SMILES string of the molecule is COC(=O)/C=C(\C(=O)OC)N(Cc1ccccc1)Cc1ccccc1. The molecule has 0 aliphatic carbocycles. The van der Waals surface area contributed by atoms with E-state index in [0.717, 1.165) is 17.2 Å². The van der Waals surface area contributed by atoms with Crippen molar-refractivity contribution >= 4 is 11.9 Å². The van der Waals surface area contributed by atoms with Crippen LogP contribution in [-0.4, -0.2) is 31.1 Å². The Hall–Kier alpha value is -3.08. The van der Waals surface area contributed by atoms with Crippen molar-refractivity contribution in [3.05, 3.63) is 83.6 Å². The average Bonchev–Trinajstić information content (AvgIpc) is 2.66. The minimum absolute atomic E-state index is 0.155. The van der Waals surface area contributed by atoms with Gasteiger partial charge in [-0.2, -0.15) is 0 Å². The van der Waals surface area contributed by atoms with Crippen LogP contribution in [0.3, 0.4) is 0 Å². The molecule has 25 heavy (non-hydrogen) atoms. The lowest BCUT2D eigenvalue weighted by molar-refractivity contribution is -0.140. The molecule has 2 aromatic rings. The lowest BCUT2D eigenvalue weighted by atomic mass is 10.1. The molecule has 5 nitrogen and oxygen atoms in total. The maximum absolute atomic E-state index is 12.2. The summed E-state index contributed by atoms with van der Waals surface area (Å²) in [5, 5.41) is 0. The summed E-state index contributed by atoms with van der Waals surface area (Å²) >= 11 is 0. The molecule has 0 aliphatic rings. The summed E-state index contributed by atoms with van der Waals surface area (Å²) in [5.41, 5.74) is 2.18. The highest BCUT2D eigenvalue weighted by Gasteiger charge is 2.21. The second kappa shape index (κ2) is 9.27. The Balaban J connectivity index is 2.37. The summed E-state index contributed by atoms with van der Waals surface area (Å²) in [5.74, 6) is -1.19. The number of rotatable bonds is 7. The van der Waals surface area contributed by atoms with Crippen molar-refractivity contribution in [2.45, 2.75) is 13.1 Å². The minimum atomic E-state index is -0.605. The van der Waals surface area contributed by atoms with Crippen LogP contribution in [0, 0.1) is 0 Å². The highest BCUT2D eigenvalue weighted by molar-refractivity contribution is 5.95. The van der Waals surface area contributed by atoms with Gasteiger partial charge in [-0.1, -0.05) is 60.7 Å². The summed E-state index contributed by atoms with van der Waals surface area (Å²) in [6, 6.07) is 19.4. The average molecular weight is 339 g/mol. The predicted octanol–water partition coefficient (Wildman–Crippen LogP) is 2.92. The van der Waals surface area contributed by atoms with Gasteiger partial charge >= 0.3 is 11.9 Å². The van der Waals surface area contributed by atoms with Crippen LogP contribution in [0.5, 0.6) is 0 Å². The number of hydrogen-bond donors (Lipinski definition) is 0. The summed E-state index contributed by atoms with van der Waals surface area (Å²) in [7, 11) is 2.56. The molecule has 0 bridgehead atoms. The maximum Gasteiger partial charge on any atom is 0.354 e. The fourth-order valence-electron chi connectivity index (χ4n) is 2.39. The highest BCUT2D eigenvalue weighted by atomic mass is 16.5. The molecule has 0 atom stereocenters. The molecule has 0 heterocycles. The maximum atomic E-state index is 12.2. The van der Waals surface area contributed by atoms with Gasteiger partial charge < -0.3 is 14.4 Å². The van der Waals surface area contributed by atoms with Gasteiger partial charge in [-0.05, 0) is 11.1 Å². The lowest BCUT2D eigenvalue weighted by Crippen LogP contribution is -2.28. The van der Waals surface area contributed by atoms with Gasteiger partial charge in [0.05, 0.1) is 20.3 Å². The number of esters is 2. The van der Waals surface area contributed by atoms with Crippen LogP contribution < -0.4 is 0 Å². The number of benzene rings is 2. The Morgan fingerprint density at radius 3 is 1.72 bits per heavy atom. The van der Waals surface area contributed by atoms with E-state index >= 15 is 0 Å². The predicted molar refractivity (Wildman–Crippen MR) is 94.2 cm³/mol. The lowest BCUT2D eigenvalue weighted by Gasteiger charge is -2.26. The molecule has 2 rings (SSSR count). The van der Waals surface area contributed by atoms with Crippen molar-refractivity contribution in [3.63, 3.8) is 0 Å². The molecule has 0 N–H and O–H groups in total. The van der Waals surface area contributed by atoms with Gasteiger partial charge in [0.1, 0.15) is 5.70 Å². The highest BCUT2D eigenvalue weighted by Crippen LogP contribution is 2.17. The minimum Gasteiger partial charge on any atom is -0.466 e. The molecule has 2 aromatic carbocycles. The standard InChI is InChI=1S/C20H21NO4/c1-24-19(22)13-18(20(23)25-2)21(14-16-9-5-3-6-10-16)15-17-11-7-4-8-12-17/h3-13H,14-15H2,1-2H3/b18-13+. The number of carbonyl (C=O) groups is 2. The molecule has 0 saturated heterocycles. The Morgan fingerprint density at radius 2 is 1.32 bits per heavy atom. The number of methoxy groups -OCH3 is 2. The molecule has 0 spiro atoms. The monoisotopic (exact) mass is 339 g/mol. The van der Waals surface area contributed by atoms with Gasteiger partial charge in [0.2, 0.25) is 0 Å². The van der Waals surface area contributed by atoms with Crippen molar-refractivity contribution in [2.75, 3.05) is 14.2 Å². The van der Waals surface area contributed by atoms with E-state index in [2.05, 4.69) is 4.74 Å². The van der Waals surface area contributed by atoms with Gasteiger partial charge in [-0.25, -0.2) is 9.59 Å². The van der Waals surface area contributed by atoms with E-state index in [1.807, 2.05) is 60.7 Å². The van der Waals surface area contributed by atoms with Crippen molar-refractivity contribution in [1.29, 1.82) is 0 Å². The van der Waals surface area contributed by atoms with Crippen LogP contribution in [0.1, 0.15) is 11.1 Å². The molecule has 130 valence electrons. The number of ether oxygens (including phenoxy) is 2. The largest absolute Gasteiger partial charge is 0.466 e. The van der Waals surface area contributed by atoms with Gasteiger partial charge in [0.15, 0.2) is 0 Å². The van der Waals surface area contributed by atoms with Gasteiger partial charge in [0, 0.05) is 13.1 Å². The Kier molecular flexibility index (Phi) is 6.77. The Labute approximate surface area is 147 Å². The van der Waals surface area contributed by atoms with E-state index in [4.69, 9.17) is 4.74 Å². The first-order valence-corrected chi connectivity index (χ1v) is 7.84. The van der Waals surface area contributed by atoms with Crippen LogP contribution in [-0.2, 0) is 32.2 Å². The first-order valence-electron chi connectivity index (χ1n) is 7.84. The van der Waals surface area contributed by atoms with E-state index in [1.165, 1.54) is 14.2 Å². The van der Waals surface area contributed by atoms with E-state index in [9.17, 15) is 9.59 Å².